The van der Waals surface area contributed by atoms with E-state index in [1.807, 2.05) is 12.1 Å². The Morgan fingerprint density at radius 2 is 2.24 bits per heavy atom. The molecule has 1 unspecified atom stereocenters. The van der Waals surface area contributed by atoms with Gasteiger partial charge in [0.2, 0.25) is 0 Å². The normalized spacial score (nSPS) is 21.1. The molecule has 1 aliphatic carbocycles. The van der Waals surface area contributed by atoms with Gasteiger partial charge >= 0.3 is 0 Å². The first-order valence-electron chi connectivity index (χ1n) is 7.63. The predicted octanol–water partition coefficient (Wildman–Crippen LogP) is 1.93. The molecule has 0 bridgehead atoms. The van der Waals surface area contributed by atoms with Crippen molar-refractivity contribution >= 4 is 0 Å². The summed E-state index contributed by atoms with van der Waals surface area (Å²) in [5.41, 5.74) is 1.21. The zero-order chi connectivity index (χ0) is 14.2. The highest BCUT2D eigenvalue weighted by Crippen LogP contribution is 2.41. The standard InChI is InChI=1S/C16H20N4O/c1-21-13-4-2-3-11(9-13)10-14-18-19-16-15(12-5-6-12)17-7-8-20(14)16/h2-4,9,12,15,17H,5-8,10H2,1H3. The average molecular weight is 284 g/mol. The van der Waals surface area contributed by atoms with Gasteiger partial charge < -0.3 is 14.6 Å². The van der Waals surface area contributed by atoms with Gasteiger partial charge in [-0.1, -0.05) is 12.1 Å². The summed E-state index contributed by atoms with van der Waals surface area (Å²) >= 11 is 0. The minimum Gasteiger partial charge on any atom is -0.497 e. The maximum absolute atomic E-state index is 5.29. The second-order valence-electron chi connectivity index (χ2n) is 5.92. The number of benzene rings is 1. The van der Waals surface area contributed by atoms with Crippen LogP contribution in [-0.2, 0) is 13.0 Å². The molecule has 2 heterocycles. The lowest BCUT2D eigenvalue weighted by Gasteiger charge is -2.25. The molecule has 5 nitrogen and oxygen atoms in total. The highest BCUT2D eigenvalue weighted by atomic mass is 16.5. The van der Waals surface area contributed by atoms with Gasteiger partial charge in [0.15, 0.2) is 5.82 Å². The number of nitrogens with one attached hydrogen (secondary N) is 1. The number of aromatic nitrogens is 3. The van der Waals surface area contributed by atoms with Gasteiger partial charge in [0.05, 0.1) is 13.2 Å². The van der Waals surface area contributed by atoms with Crippen molar-refractivity contribution in [2.45, 2.75) is 31.8 Å². The van der Waals surface area contributed by atoms with Gasteiger partial charge in [0, 0.05) is 19.5 Å². The van der Waals surface area contributed by atoms with Crippen LogP contribution in [0.3, 0.4) is 0 Å². The Morgan fingerprint density at radius 3 is 3.05 bits per heavy atom. The molecule has 1 aromatic heterocycles. The summed E-state index contributed by atoms with van der Waals surface area (Å²) in [4.78, 5) is 0. The maximum Gasteiger partial charge on any atom is 0.150 e. The first-order valence-corrected chi connectivity index (χ1v) is 7.63. The van der Waals surface area contributed by atoms with Crippen LogP contribution in [0.2, 0.25) is 0 Å². The summed E-state index contributed by atoms with van der Waals surface area (Å²) in [5.74, 6) is 3.84. The molecule has 1 atom stereocenters. The van der Waals surface area contributed by atoms with Crippen molar-refractivity contribution in [1.29, 1.82) is 0 Å². The van der Waals surface area contributed by atoms with E-state index in [-0.39, 0.29) is 0 Å². The van der Waals surface area contributed by atoms with E-state index in [0.717, 1.165) is 42.8 Å². The van der Waals surface area contributed by atoms with Gasteiger partial charge in [-0.3, -0.25) is 0 Å². The van der Waals surface area contributed by atoms with Crippen molar-refractivity contribution in [1.82, 2.24) is 20.1 Å². The molecule has 0 amide bonds. The molecule has 0 saturated heterocycles. The monoisotopic (exact) mass is 284 g/mol. The summed E-state index contributed by atoms with van der Waals surface area (Å²) in [6, 6.07) is 8.58. The summed E-state index contributed by atoms with van der Waals surface area (Å²) in [5, 5.41) is 12.5. The van der Waals surface area contributed by atoms with Crippen LogP contribution in [0.4, 0.5) is 0 Å². The van der Waals surface area contributed by atoms with Gasteiger partial charge in [-0.15, -0.1) is 10.2 Å². The van der Waals surface area contributed by atoms with Crippen molar-refractivity contribution in [3.63, 3.8) is 0 Å². The lowest BCUT2D eigenvalue weighted by molar-refractivity contribution is 0.377. The lowest BCUT2D eigenvalue weighted by Crippen LogP contribution is -2.35. The molecule has 110 valence electrons. The van der Waals surface area contributed by atoms with E-state index in [0.29, 0.717) is 6.04 Å². The summed E-state index contributed by atoms with van der Waals surface area (Å²) in [6.07, 6.45) is 3.44. The Morgan fingerprint density at radius 1 is 1.33 bits per heavy atom. The third-order valence-corrected chi connectivity index (χ3v) is 4.42. The smallest absolute Gasteiger partial charge is 0.150 e. The fourth-order valence-corrected chi connectivity index (χ4v) is 3.15. The van der Waals surface area contributed by atoms with Crippen molar-refractivity contribution in [3.8, 4) is 5.75 Å². The lowest BCUT2D eigenvalue weighted by atomic mass is 10.1. The van der Waals surface area contributed by atoms with Crippen LogP contribution in [0, 0.1) is 5.92 Å². The molecule has 0 spiro atoms. The quantitative estimate of drug-likeness (QED) is 0.932. The predicted molar refractivity (Wildman–Crippen MR) is 79.3 cm³/mol. The highest BCUT2D eigenvalue weighted by Gasteiger charge is 2.37. The molecule has 0 radical (unpaired) electrons. The fourth-order valence-electron chi connectivity index (χ4n) is 3.15. The Labute approximate surface area is 124 Å². The van der Waals surface area contributed by atoms with Crippen molar-refractivity contribution in [2.75, 3.05) is 13.7 Å². The Hall–Kier alpha value is -1.88. The van der Waals surface area contributed by atoms with Crippen LogP contribution >= 0.6 is 0 Å². The molecule has 1 fully saturated rings. The van der Waals surface area contributed by atoms with E-state index in [1.165, 1.54) is 18.4 Å². The minimum absolute atomic E-state index is 0.408. The van der Waals surface area contributed by atoms with Gasteiger partial charge in [0.25, 0.3) is 0 Å². The molecular formula is C16H20N4O. The third-order valence-electron chi connectivity index (χ3n) is 4.42. The molecule has 21 heavy (non-hydrogen) atoms. The van der Waals surface area contributed by atoms with Crippen LogP contribution in [0.1, 0.15) is 36.1 Å². The van der Waals surface area contributed by atoms with E-state index in [1.54, 1.807) is 7.11 Å². The second-order valence-corrected chi connectivity index (χ2v) is 5.92. The number of rotatable bonds is 4. The van der Waals surface area contributed by atoms with Crippen LogP contribution in [0.15, 0.2) is 24.3 Å². The van der Waals surface area contributed by atoms with Crippen LogP contribution in [0.25, 0.3) is 0 Å². The van der Waals surface area contributed by atoms with Gasteiger partial charge in [0.1, 0.15) is 11.6 Å². The van der Waals surface area contributed by atoms with Crippen molar-refractivity contribution in [2.24, 2.45) is 5.92 Å². The topological polar surface area (TPSA) is 52.0 Å². The second kappa shape index (κ2) is 5.15. The Kier molecular flexibility index (Phi) is 3.15. The van der Waals surface area contributed by atoms with Crippen molar-refractivity contribution < 1.29 is 4.74 Å². The average Bonchev–Trinajstić information content (AvgIpc) is 3.29. The first-order chi connectivity index (χ1) is 10.3. The number of nitrogens with zero attached hydrogens (tertiary/aromatic N) is 3. The van der Waals surface area contributed by atoms with Crippen LogP contribution < -0.4 is 10.1 Å². The molecule has 1 aromatic carbocycles. The number of fused-ring (bicyclic) bond motifs is 1. The molecular weight excluding hydrogens is 264 g/mol. The van der Waals surface area contributed by atoms with Crippen LogP contribution in [0.5, 0.6) is 5.75 Å². The fraction of sp³-hybridized carbons (Fsp3) is 0.500. The SMILES string of the molecule is COc1cccc(Cc2nnc3n2CCNC3C2CC2)c1. The van der Waals surface area contributed by atoms with E-state index < -0.39 is 0 Å². The largest absolute Gasteiger partial charge is 0.497 e. The van der Waals surface area contributed by atoms with Gasteiger partial charge in [-0.05, 0) is 36.5 Å². The number of methoxy groups -OCH3 is 1. The van der Waals surface area contributed by atoms with Gasteiger partial charge in [-0.2, -0.15) is 0 Å². The molecule has 4 rings (SSSR count). The van der Waals surface area contributed by atoms with Crippen molar-refractivity contribution in [3.05, 3.63) is 41.5 Å². The first kappa shape index (κ1) is 12.8. The Bertz CT molecular complexity index is 647. The zero-order valence-corrected chi connectivity index (χ0v) is 12.2. The molecule has 5 heteroatoms. The maximum atomic E-state index is 5.29. The zero-order valence-electron chi connectivity index (χ0n) is 12.2. The van der Waals surface area contributed by atoms with E-state index >= 15 is 0 Å². The molecule has 1 aliphatic heterocycles. The summed E-state index contributed by atoms with van der Waals surface area (Å²) < 4.78 is 7.60. The molecule has 1 saturated carbocycles. The van der Waals surface area contributed by atoms with Crippen LogP contribution in [-0.4, -0.2) is 28.4 Å². The Balaban J connectivity index is 1.61. The molecule has 1 N–H and O–H groups in total. The van der Waals surface area contributed by atoms with Gasteiger partial charge in [-0.25, -0.2) is 0 Å². The minimum atomic E-state index is 0.408. The number of ether oxygens (including phenoxy) is 1. The van der Waals surface area contributed by atoms with E-state index in [9.17, 15) is 0 Å². The third kappa shape index (κ3) is 2.42. The number of hydrogen-bond donors (Lipinski definition) is 1. The number of hydrogen-bond acceptors (Lipinski definition) is 4. The molecule has 2 aromatic rings. The van der Waals surface area contributed by atoms with E-state index in [4.69, 9.17) is 4.74 Å². The summed E-state index contributed by atoms with van der Waals surface area (Å²) in [7, 11) is 1.70. The van der Waals surface area contributed by atoms with E-state index in [2.05, 4.69) is 32.2 Å². The summed E-state index contributed by atoms with van der Waals surface area (Å²) in [6.45, 7) is 1.97. The highest BCUT2D eigenvalue weighted by molar-refractivity contribution is 5.30. The molecule has 2 aliphatic rings.